The topological polar surface area (TPSA) is 111 Å². The van der Waals surface area contributed by atoms with Crippen LogP contribution in [0.25, 0.3) is 11.0 Å². The molecule has 0 bridgehead atoms. The smallest absolute Gasteiger partial charge is 0.233 e. The number of hydrogen-bond acceptors (Lipinski definition) is 9. The average Bonchev–Trinajstić information content (AvgIpc) is 3.69. The maximum absolute atomic E-state index is 14.9. The van der Waals surface area contributed by atoms with Crippen LogP contribution in [-0.4, -0.2) is 42.9 Å². The van der Waals surface area contributed by atoms with E-state index in [0.717, 1.165) is 12.8 Å². The minimum Gasteiger partial charge on any atom is -0.463 e. The van der Waals surface area contributed by atoms with Crippen LogP contribution in [0.5, 0.6) is 5.88 Å². The van der Waals surface area contributed by atoms with Gasteiger partial charge in [0.05, 0.1) is 33.9 Å². The Kier molecular flexibility index (Phi) is 5.97. The first-order valence-corrected chi connectivity index (χ1v) is 12.4. The molecule has 5 rings (SSSR count). The second-order valence-electron chi connectivity index (χ2n) is 9.08. The van der Waals surface area contributed by atoms with Gasteiger partial charge < -0.3 is 15.8 Å². The normalized spacial score (nSPS) is 23.8. The summed E-state index contributed by atoms with van der Waals surface area (Å²) in [5.41, 5.74) is 7.70. The van der Waals surface area contributed by atoms with E-state index in [1.165, 1.54) is 12.4 Å². The highest BCUT2D eigenvalue weighted by Crippen LogP contribution is 2.52. The highest BCUT2D eigenvalue weighted by Gasteiger charge is 2.50. The van der Waals surface area contributed by atoms with Crippen molar-refractivity contribution in [1.29, 1.82) is 0 Å². The molecule has 0 spiro atoms. The number of nitrogens with one attached hydrogen (secondary N) is 1. The molecule has 0 radical (unpaired) electrons. The number of anilines is 2. The molecular formula is C25H26FN7OS. The first-order valence-electron chi connectivity index (χ1n) is 11.4. The summed E-state index contributed by atoms with van der Waals surface area (Å²) in [5.74, 6) is 7.61. The van der Waals surface area contributed by atoms with Crippen LogP contribution >= 0.6 is 11.8 Å². The lowest BCUT2D eigenvalue weighted by Crippen LogP contribution is -2.48. The maximum Gasteiger partial charge on any atom is 0.233 e. The summed E-state index contributed by atoms with van der Waals surface area (Å²) in [6.45, 7) is 6.02. The summed E-state index contributed by atoms with van der Waals surface area (Å²) in [5, 5.41) is 3.21. The Balaban J connectivity index is 1.43. The number of amidine groups is 1. The average molecular weight is 492 g/mol. The lowest BCUT2D eigenvalue weighted by Gasteiger charge is -2.40. The molecule has 35 heavy (non-hydrogen) atoms. The molecular weight excluding hydrogens is 465 g/mol. The summed E-state index contributed by atoms with van der Waals surface area (Å²) < 4.78 is 20.2. The summed E-state index contributed by atoms with van der Waals surface area (Å²) in [6, 6.07) is 3.46. The molecule has 0 unspecified atom stereocenters. The molecule has 2 aliphatic rings. The molecule has 1 saturated carbocycles. The van der Waals surface area contributed by atoms with Crippen molar-refractivity contribution in [3.63, 3.8) is 0 Å². The molecule has 0 saturated heterocycles. The number of halogens is 1. The third kappa shape index (κ3) is 4.48. The zero-order chi connectivity index (χ0) is 24.6. The SMILES string of the molecule is CC#CCOc1cnc2c(Nc3cnc(F)c([C@]4(C)CS[C@@](C)(C5CC5)C(N)=N4)c3)nccc2n1. The van der Waals surface area contributed by atoms with Crippen molar-refractivity contribution in [3.8, 4) is 17.7 Å². The van der Waals surface area contributed by atoms with Crippen LogP contribution in [0.15, 0.2) is 35.7 Å². The number of pyridine rings is 2. The molecule has 2 atom stereocenters. The van der Waals surface area contributed by atoms with E-state index in [2.05, 4.69) is 44.0 Å². The summed E-state index contributed by atoms with van der Waals surface area (Å²) in [7, 11) is 0. The molecule has 1 fully saturated rings. The molecule has 0 amide bonds. The molecule has 3 aromatic heterocycles. The molecule has 3 N–H and O–H groups in total. The van der Waals surface area contributed by atoms with E-state index in [9.17, 15) is 4.39 Å². The maximum atomic E-state index is 14.9. The van der Waals surface area contributed by atoms with E-state index < -0.39 is 11.5 Å². The van der Waals surface area contributed by atoms with Crippen LogP contribution < -0.4 is 15.8 Å². The first kappa shape index (κ1) is 23.3. The van der Waals surface area contributed by atoms with Crippen LogP contribution in [-0.2, 0) is 5.54 Å². The van der Waals surface area contributed by atoms with Crippen molar-refractivity contribution in [2.24, 2.45) is 16.6 Å². The monoisotopic (exact) mass is 491 g/mol. The lowest BCUT2D eigenvalue weighted by molar-refractivity contribution is 0.355. The zero-order valence-corrected chi connectivity index (χ0v) is 20.6. The van der Waals surface area contributed by atoms with Crippen molar-refractivity contribution in [2.45, 2.75) is 43.9 Å². The van der Waals surface area contributed by atoms with Gasteiger partial charge >= 0.3 is 0 Å². The van der Waals surface area contributed by atoms with Crippen molar-refractivity contribution >= 4 is 40.1 Å². The van der Waals surface area contributed by atoms with Crippen molar-refractivity contribution in [1.82, 2.24) is 19.9 Å². The first-order chi connectivity index (χ1) is 16.8. The Labute approximate surface area is 207 Å². The van der Waals surface area contributed by atoms with Gasteiger partial charge in [0.2, 0.25) is 11.8 Å². The fourth-order valence-corrected chi connectivity index (χ4v) is 5.64. The number of aliphatic imine (C=N–C) groups is 1. The largest absolute Gasteiger partial charge is 0.463 e. The van der Waals surface area contributed by atoms with Crippen molar-refractivity contribution in [2.75, 3.05) is 17.7 Å². The zero-order valence-electron chi connectivity index (χ0n) is 19.8. The van der Waals surface area contributed by atoms with Crippen LogP contribution in [0, 0.1) is 23.7 Å². The number of rotatable bonds is 6. The van der Waals surface area contributed by atoms with E-state index in [1.54, 1.807) is 37.0 Å². The van der Waals surface area contributed by atoms with Crippen LogP contribution in [0.1, 0.15) is 39.2 Å². The molecule has 3 aromatic rings. The van der Waals surface area contributed by atoms with Gasteiger partial charge in [0, 0.05) is 17.5 Å². The Morgan fingerprint density at radius 2 is 2.09 bits per heavy atom. The van der Waals surface area contributed by atoms with E-state index in [4.69, 9.17) is 15.5 Å². The molecule has 10 heteroatoms. The van der Waals surface area contributed by atoms with Crippen molar-refractivity contribution < 1.29 is 9.13 Å². The molecule has 1 aliphatic carbocycles. The second-order valence-corrected chi connectivity index (χ2v) is 10.5. The minimum absolute atomic E-state index is 0.184. The van der Waals surface area contributed by atoms with E-state index >= 15 is 0 Å². The van der Waals surface area contributed by atoms with Crippen molar-refractivity contribution in [3.05, 3.63) is 42.2 Å². The van der Waals surface area contributed by atoms with Gasteiger partial charge in [-0.05, 0) is 51.7 Å². The standard InChI is InChI=1S/C25H26FN7OS/c1-4-5-10-34-19-13-29-20-18(32-19)8-9-28-22(20)31-16-11-17(21(26)30-12-16)24(2)14-35-25(3,15-6-7-15)23(27)33-24/h8-9,11-13,15H,6-7,10,14H2,1-3H3,(H2,27,33)(H,28,31)/t24-,25-/m0/s1. The van der Waals surface area contributed by atoms with Crippen LogP contribution in [0.4, 0.5) is 15.9 Å². The van der Waals surface area contributed by atoms with Gasteiger partial charge in [-0.2, -0.15) is 4.39 Å². The Morgan fingerprint density at radius 3 is 2.83 bits per heavy atom. The second kappa shape index (κ2) is 8.96. The van der Waals surface area contributed by atoms with Crippen LogP contribution in [0.3, 0.4) is 0 Å². The third-order valence-corrected chi connectivity index (χ3v) is 8.32. The van der Waals surface area contributed by atoms with Gasteiger partial charge in [0.25, 0.3) is 0 Å². The molecule has 4 heterocycles. The Hall–Kier alpha value is -3.45. The number of ether oxygens (including phenoxy) is 1. The van der Waals surface area contributed by atoms with E-state index in [1.807, 2.05) is 6.92 Å². The van der Waals surface area contributed by atoms with Gasteiger partial charge in [-0.3, -0.25) is 4.99 Å². The molecule has 180 valence electrons. The summed E-state index contributed by atoms with van der Waals surface area (Å²) >= 11 is 1.75. The highest BCUT2D eigenvalue weighted by molar-refractivity contribution is 8.01. The predicted octanol–water partition coefficient (Wildman–Crippen LogP) is 4.19. The number of nitrogens with zero attached hydrogens (tertiary/aromatic N) is 5. The van der Waals surface area contributed by atoms with Crippen LogP contribution in [0.2, 0.25) is 0 Å². The predicted molar refractivity (Wildman–Crippen MR) is 136 cm³/mol. The Bertz CT molecular complexity index is 1380. The number of fused-ring (bicyclic) bond motifs is 1. The van der Waals surface area contributed by atoms with Gasteiger partial charge in [0.1, 0.15) is 11.4 Å². The van der Waals surface area contributed by atoms with Gasteiger partial charge in [-0.15, -0.1) is 17.7 Å². The summed E-state index contributed by atoms with van der Waals surface area (Å²) in [6.07, 6.45) is 6.89. The van der Waals surface area contributed by atoms with E-state index in [0.29, 0.717) is 51.5 Å². The fraction of sp³-hybridized carbons (Fsp3) is 0.400. The molecule has 0 aromatic carbocycles. The minimum atomic E-state index is -0.822. The number of thioether (sulfide) groups is 1. The highest BCUT2D eigenvalue weighted by atomic mass is 32.2. The van der Waals surface area contributed by atoms with E-state index in [-0.39, 0.29) is 11.4 Å². The molecule has 8 nitrogen and oxygen atoms in total. The lowest BCUT2D eigenvalue weighted by atomic mass is 9.93. The van der Waals surface area contributed by atoms with Gasteiger partial charge in [-0.25, -0.2) is 19.9 Å². The summed E-state index contributed by atoms with van der Waals surface area (Å²) in [4.78, 5) is 22.1. The number of hydrogen-bond donors (Lipinski definition) is 2. The fourth-order valence-electron chi connectivity index (χ4n) is 4.18. The number of nitrogens with two attached hydrogens (primary N) is 1. The quantitative estimate of drug-likeness (QED) is 0.390. The Morgan fingerprint density at radius 1 is 1.26 bits per heavy atom. The van der Waals surface area contributed by atoms with Gasteiger partial charge in [-0.1, -0.05) is 5.92 Å². The van der Waals surface area contributed by atoms with Gasteiger partial charge in [0.15, 0.2) is 12.4 Å². The third-order valence-electron chi connectivity index (χ3n) is 6.47. The molecule has 1 aliphatic heterocycles. The number of aromatic nitrogens is 4.